The van der Waals surface area contributed by atoms with Crippen LogP contribution >= 0.6 is 22.6 Å². The van der Waals surface area contributed by atoms with Crippen LogP contribution in [0.3, 0.4) is 0 Å². The van der Waals surface area contributed by atoms with Crippen LogP contribution in [0.4, 0.5) is 0 Å². The summed E-state index contributed by atoms with van der Waals surface area (Å²) in [5, 5.41) is 0. The van der Waals surface area contributed by atoms with E-state index in [0.717, 1.165) is 0 Å². The van der Waals surface area contributed by atoms with Gasteiger partial charge in [-0.2, -0.15) is 0 Å². The maximum absolute atomic E-state index is 3.19. The van der Waals surface area contributed by atoms with Crippen molar-refractivity contribution in [2.24, 2.45) is 0 Å². The molecule has 0 nitrogen and oxygen atoms in total. The molecule has 2 rings (SSSR count). The van der Waals surface area contributed by atoms with Crippen molar-refractivity contribution in [1.29, 1.82) is 0 Å². The van der Waals surface area contributed by atoms with Crippen molar-refractivity contribution in [1.82, 2.24) is 0 Å². The number of halogens is 1. The Balaban J connectivity index is 2.54. The Labute approximate surface area is 91.8 Å². The van der Waals surface area contributed by atoms with Gasteiger partial charge >= 0.3 is 0 Å². The highest BCUT2D eigenvalue weighted by molar-refractivity contribution is 14.1. The molecule has 0 N–H and O–H groups in total. The lowest BCUT2D eigenvalue weighted by atomic mass is 10.1. The Kier molecular flexibility index (Phi) is 2.64. The van der Waals surface area contributed by atoms with Gasteiger partial charge in [0.15, 0.2) is 0 Å². The topological polar surface area (TPSA) is 0 Å². The number of benzene rings is 2. The van der Waals surface area contributed by atoms with Gasteiger partial charge in [-0.1, -0.05) is 48.5 Å². The maximum Gasteiger partial charge on any atom is 0.0287 e. The molecule has 1 heteroatoms. The molecule has 0 aromatic heterocycles. The number of rotatable bonds is 1. The van der Waals surface area contributed by atoms with Gasteiger partial charge < -0.3 is 0 Å². The Morgan fingerprint density at radius 3 is 2.38 bits per heavy atom. The van der Waals surface area contributed by atoms with Gasteiger partial charge in [-0.3, -0.25) is 0 Å². The van der Waals surface area contributed by atoms with Crippen molar-refractivity contribution >= 4 is 22.6 Å². The molecule has 0 saturated carbocycles. The van der Waals surface area contributed by atoms with E-state index in [4.69, 9.17) is 0 Å². The van der Waals surface area contributed by atoms with Crippen LogP contribution in [0.2, 0.25) is 0 Å². The van der Waals surface area contributed by atoms with Crippen molar-refractivity contribution in [2.45, 2.75) is 0 Å². The molecule has 0 bridgehead atoms. The molecule has 63 valence electrons. The molecule has 1 radical (unpaired) electrons. The zero-order chi connectivity index (χ0) is 9.10. The van der Waals surface area contributed by atoms with Crippen molar-refractivity contribution in [3.8, 4) is 11.1 Å². The molecule has 0 spiro atoms. The van der Waals surface area contributed by atoms with E-state index in [-0.39, 0.29) is 0 Å². The lowest BCUT2D eigenvalue weighted by molar-refractivity contribution is 1.57. The molecule has 13 heavy (non-hydrogen) atoms. The highest BCUT2D eigenvalue weighted by Gasteiger charge is 1.99. The standard InChI is InChI=1S/C12H8I/c13-12-9-5-4-8-11(12)10-6-2-1-3-7-10/h1-8H. The first-order valence-electron chi connectivity index (χ1n) is 4.09. The van der Waals surface area contributed by atoms with Gasteiger partial charge in [0.2, 0.25) is 0 Å². The minimum absolute atomic E-state index is 1.17. The molecule has 2 aromatic carbocycles. The molecule has 0 aliphatic heterocycles. The maximum atomic E-state index is 3.19. The highest BCUT2D eigenvalue weighted by atomic mass is 127. The quantitative estimate of drug-likeness (QED) is 0.697. The highest BCUT2D eigenvalue weighted by Crippen LogP contribution is 2.23. The molecule has 0 fully saturated rings. The molecule has 0 atom stereocenters. The Morgan fingerprint density at radius 1 is 0.923 bits per heavy atom. The van der Waals surface area contributed by atoms with Crippen LogP contribution in [-0.4, -0.2) is 0 Å². The Morgan fingerprint density at radius 2 is 1.69 bits per heavy atom. The lowest BCUT2D eigenvalue weighted by Crippen LogP contribution is -1.80. The SMILES string of the molecule is Ic1[c]cccc1-c1ccccc1. The fourth-order valence-electron chi connectivity index (χ4n) is 1.26. The smallest absolute Gasteiger partial charge is 0.0287 e. The summed E-state index contributed by atoms with van der Waals surface area (Å²) in [6.45, 7) is 0. The third kappa shape index (κ3) is 1.91. The molecule has 0 aliphatic carbocycles. The Bertz CT molecular complexity index is 393. The van der Waals surface area contributed by atoms with Crippen LogP contribution in [0.1, 0.15) is 0 Å². The minimum atomic E-state index is 1.17. The third-order valence-electron chi connectivity index (χ3n) is 1.89. The van der Waals surface area contributed by atoms with Crippen LogP contribution < -0.4 is 0 Å². The fourth-order valence-corrected chi connectivity index (χ4v) is 1.93. The third-order valence-corrected chi connectivity index (χ3v) is 2.78. The first-order chi connectivity index (χ1) is 6.38. The van der Waals surface area contributed by atoms with Crippen molar-refractivity contribution in [3.63, 3.8) is 0 Å². The van der Waals surface area contributed by atoms with Gasteiger partial charge in [0.05, 0.1) is 0 Å². The molecule has 0 aliphatic rings. The molecular formula is C12H8I. The monoisotopic (exact) mass is 279 g/mol. The molecule has 0 unspecified atom stereocenters. The number of hydrogen-bond acceptors (Lipinski definition) is 0. The molecule has 0 saturated heterocycles. The van der Waals surface area contributed by atoms with E-state index in [9.17, 15) is 0 Å². The second kappa shape index (κ2) is 3.92. The molecule has 2 aromatic rings. The lowest BCUT2D eigenvalue weighted by Gasteiger charge is -2.02. The first kappa shape index (κ1) is 8.75. The van der Waals surface area contributed by atoms with E-state index in [1.165, 1.54) is 14.7 Å². The summed E-state index contributed by atoms with van der Waals surface area (Å²) < 4.78 is 1.17. The van der Waals surface area contributed by atoms with Crippen LogP contribution in [0.5, 0.6) is 0 Å². The van der Waals surface area contributed by atoms with E-state index in [2.05, 4.69) is 59.0 Å². The van der Waals surface area contributed by atoms with E-state index in [1.54, 1.807) is 0 Å². The summed E-state index contributed by atoms with van der Waals surface area (Å²) in [6.07, 6.45) is 0. The van der Waals surface area contributed by atoms with Crippen LogP contribution in [0.25, 0.3) is 11.1 Å². The van der Waals surface area contributed by atoms with E-state index in [1.807, 2.05) is 18.2 Å². The second-order valence-electron chi connectivity index (χ2n) is 2.76. The van der Waals surface area contributed by atoms with E-state index in [0.29, 0.717) is 0 Å². The Hall–Kier alpha value is -0.830. The molecular weight excluding hydrogens is 271 g/mol. The summed E-state index contributed by atoms with van der Waals surface area (Å²) in [7, 11) is 0. The van der Waals surface area contributed by atoms with Gasteiger partial charge in [0.25, 0.3) is 0 Å². The summed E-state index contributed by atoms with van der Waals surface area (Å²) in [4.78, 5) is 0. The van der Waals surface area contributed by atoms with Gasteiger partial charge in [-0.25, -0.2) is 0 Å². The van der Waals surface area contributed by atoms with Crippen LogP contribution in [0, 0.1) is 9.64 Å². The number of hydrogen-bond donors (Lipinski definition) is 0. The molecule has 0 amide bonds. The second-order valence-corrected chi connectivity index (χ2v) is 3.84. The van der Waals surface area contributed by atoms with Gasteiger partial charge in [-0.15, -0.1) is 0 Å². The largest absolute Gasteiger partial charge is 0.0622 e. The predicted octanol–water partition coefficient (Wildman–Crippen LogP) is 3.76. The van der Waals surface area contributed by atoms with E-state index >= 15 is 0 Å². The molecule has 0 heterocycles. The average Bonchev–Trinajstić information content (AvgIpc) is 2.20. The summed E-state index contributed by atoms with van der Waals surface area (Å²) in [5.74, 6) is 0. The zero-order valence-corrected chi connectivity index (χ0v) is 9.15. The van der Waals surface area contributed by atoms with Crippen molar-refractivity contribution in [2.75, 3.05) is 0 Å². The predicted molar refractivity (Wildman–Crippen MR) is 63.4 cm³/mol. The van der Waals surface area contributed by atoms with Gasteiger partial charge in [0.1, 0.15) is 0 Å². The zero-order valence-electron chi connectivity index (χ0n) is 7.00. The summed E-state index contributed by atoms with van der Waals surface area (Å²) >= 11 is 2.31. The van der Waals surface area contributed by atoms with Gasteiger partial charge in [-0.05, 0) is 39.8 Å². The normalized spacial score (nSPS) is 9.92. The van der Waals surface area contributed by atoms with Gasteiger partial charge in [0, 0.05) is 3.57 Å². The minimum Gasteiger partial charge on any atom is -0.0622 e. The van der Waals surface area contributed by atoms with Crippen molar-refractivity contribution < 1.29 is 0 Å². The van der Waals surface area contributed by atoms with E-state index < -0.39 is 0 Å². The summed E-state index contributed by atoms with van der Waals surface area (Å²) in [5.41, 5.74) is 2.51. The summed E-state index contributed by atoms with van der Waals surface area (Å²) in [6, 6.07) is 19.6. The van der Waals surface area contributed by atoms with Crippen LogP contribution in [-0.2, 0) is 0 Å². The fraction of sp³-hybridized carbons (Fsp3) is 0. The first-order valence-corrected chi connectivity index (χ1v) is 5.17. The van der Waals surface area contributed by atoms with Crippen LogP contribution in [0.15, 0.2) is 48.5 Å². The average molecular weight is 279 g/mol. The van der Waals surface area contributed by atoms with Crippen molar-refractivity contribution in [3.05, 3.63) is 58.2 Å².